The molecule has 1 aliphatic heterocycles. The van der Waals surface area contributed by atoms with Crippen molar-refractivity contribution in [2.45, 2.75) is 38.8 Å². The van der Waals surface area contributed by atoms with Gasteiger partial charge < -0.3 is 5.11 Å². The van der Waals surface area contributed by atoms with Crippen molar-refractivity contribution in [2.75, 3.05) is 12.3 Å². The van der Waals surface area contributed by atoms with Crippen molar-refractivity contribution in [3.8, 4) is 0 Å². The van der Waals surface area contributed by atoms with E-state index in [4.69, 9.17) is 5.11 Å². The molecule has 0 saturated carbocycles. The van der Waals surface area contributed by atoms with E-state index in [0.29, 0.717) is 19.4 Å². The van der Waals surface area contributed by atoms with E-state index in [0.717, 1.165) is 0 Å². The smallest absolute Gasteiger partial charge is 0.214 e. The zero-order valence-electron chi connectivity index (χ0n) is 8.10. The average Bonchev–Trinajstić information content (AvgIpc) is 2.27. The third kappa shape index (κ3) is 2.65. The monoisotopic (exact) mass is 207 g/mol. The Morgan fingerprint density at radius 3 is 2.46 bits per heavy atom. The van der Waals surface area contributed by atoms with E-state index in [2.05, 4.69) is 0 Å². The van der Waals surface area contributed by atoms with Gasteiger partial charge in [-0.1, -0.05) is 0 Å². The first-order valence-electron chi connectivity index (χ1n) is 4.61. The Kier molecular flexibility index (Phi) is 3.32. The van der Waals surface area contributed by atoms with E-state index >= 15 is 0 Å². The lowest BCUT2D eigenvalue weighted by atomic mass is 10.1. The second kappa shape index (κ2) is 3.94. The maximum atomic E-state index is 11.4. The van der Waals surface area contributed by atoms with E-state index in [1.807, 2.05) is 6.92 Å². The van der Waals surface area contributed by atoms with Crippen molar-refractivity contribution in [2.24, 2.45) is 0 Å². The Morgan fingerprint density at radius 2 is 2.08 bits per heavy atom. The van der Waals surface area contributed by atoms with Crippen LogP contribution in [0.1, 0.15) is 26.7 Å². The van der Waals surface area contributed by atoms with Crippen LogP contribution in [0.3, 0.4) is 0 Å². The summed E-state index contributed by atoms with van der Waals surface area (Å²) in [5.74, 6) is 0.261. The summed E-state index contributed by atoms with van der Waals surface area (Å²) < 4.78 is 24.4. The van der Waals surface area contributed by atoms with Gasteiger partial charge in [0.1, 0.15) is 0 Å². The molecule has 13 heavy (non-hydrogen) atoms. The summed E-state index contributed by atoms with van der Waals surface area (Å²) in [5.41, 5.74) is 0. The summed E-state index contributed by atoms with van der Waals surface area (Å²) in [7, 11) is -3.01. The Balaban J connectivity index is 2.61. The third-order valence-electron chi connectivity index (χ3n) is 2.31. The molecule has 1 rings (SSSR count). The molecule has 1 aliphatic rings. The highest BCUT2D eigenvalue weighted by molar-refractivity contribution is 7.89. The van der Waals surface area contributed by atoms with Crippen molar-refractivity contribution in [1.82, 2.24) is 4.31 Å². The van der Waals surface area contributed by atoms with Crippen LogP contribution in [0.4, 0.5) is 0 Å². The van der Waals surface area contributed by atoms with E-state index < -0.39 is 16.1 Å². The molecule has 1 saturated heterocycles. The maximum absolute atomic E-state index is 11.4. The topological polar surface area (TPSA) is 57.6 Å². The van der Waals surface area contributed by atoms with Crippen LogP contribution >= 0.6 is 0 Å². The van der Waals surface area contributed by atoms with Crippen LogP contribution in [0.5, 0.6) is 0 Å². The summed E-state index contributed by atoms with van der Waals surface area (Å²) in [6, 6.07) is -0.0764. The molecule has 0 radical (unpaired) electrons. The lowest BCUT2D eigenvalue weighted by molar-refractivity contribution is 0.155. The summed E-state index contributed by atoms with van der Waals surface area (Å²) >= 11 is 0. The molecule has 0 amide bonds. The Labute approximate surface area is 79.6 Å². The van der Waals surface area contributed by atoms with E-state index in [1.165, 1.54) is 4.31 Å². The summed E-state index contributed by atoms with van der Waals surface area (Å²) in [6.07, 6.45) is 0.789. The van der Waals surface area contributed by atoms with Crippen LogP contribution in [0.15, 0.2) is 0 Å². The first-order chi connectivity index (χ1) is 5.93. The van der Waals surface area contributed by atoms with Gasteiger partial charge in [0.2, 0.25) is 10.0 Å². The third-order valence-corrected chi connectivity index (χ3v) is 4.37. The van der Waals surface area contributed by atoms with Crippen LogP contribution < -0.4 is 0 Å². The highest BCUT2D eigenvalue weighted by Gasteiger charge is 2.32. The molecule has 0 aromatic carbocycles. The SMILES string of the molecule is CC(O)CC(C)N1CCCS1(=O)=O. The quantitative estimate of drug-likeness (QED) is 0.718. The fraction of sp³-hybridized carbons (Fsp3) is 1.00. The number of nitrogens with zero attached hydrogens (tertiary/aromatic N) is 1. The van der Waals surface area contributed by atoms with E-state index in [1.54, 1.807) is 6.92 Å². The zero-order chi connectivity index (χ0) is 10.1. The number of hydrogen-bond donors (Lipinski definition) is 1. The van der Waals surface area contributed by atoms with Crippen LogP contribution in [0.2, 0.25) is 0 Å². The summed E-state index contributed by atoms with van der Waals surface area (Å²) in [5, 5.41) is 9.13. The molecule has 0 bridgehead atoms. The van der Waals surface area contributed by atoms with Crippen molar-refractivity contribution in [3.05, 3.63) is 0 Å². The van der Waals surface area contributed by atoms with Gasteiger partial charge in [0, 0.05) is 12.6 Å². The van der Waals surface area contributed by atoms with E-state index in [-0.39, 0.29) is 11.8 Å². The first kappa shape index (κ1) is 10.9. The molecule has 5 heteroatoms. The van der Waals surface area contributed by atoms with Crippen LogP contribution in [0.25, 0.3) is 0 Å². The minimum atomic E-state index is -3.01. The standard InChI is InChI=1S/C8H17NO3S/c1-7(6-8(2)10)9-4-3-5-13(9,11)12/h7-8,10H,3-6H2,1-2H3. The van der Waals surface area contributed by atoms with Crippen molar-refractivity contribution in [3.63, 3.8) is 0 Å². The molecule has 4 nitrogen and oxygen atoms in total. The highest BCUT2D eigenvalue weighted by Crippen LogP contribution is 2.19. The minimum Gasteiger partial charge on any atom is -0.393 e. The zero-order valence-corrected chi connectivity index (χ0v) is 8.92. The van der Waals surface area contributed by atoms with Gasteiger partial charge in [-0.05, 0) is 26.7 Å². The normalized spacial score (nSPS) is 27.3. The largest absolute Gasteiger partial charge is 0.393 e. The molecule has 0 aromatic heterocycles. The lowest BCUT2D eigenvalue weighted by Gasteiger charge is -2.23. The highest BCUT2D eigenvalue weighted by atomic mass is 32.2. The first-order valence-corrected chi connectivity index (χ1v) is 6.22. The number of aliphatic hydroxyl groups is 1. The maximum Gasteiger partial charge on any atom is 0.214 e. The van der Waals surface area contributed by atoms with Gasteiger partial charge >= 0.3 is 0 Å². The van der Waals surface area contributed by atoms with Gasteiger partial charge in [0.25, 0.3) is 0 Å². The molecular formula is C8H17NO3S. The number of aliphatic hydroxyl groups excluding tert-OH is 1. The van der Waals surface area contributed by atoms with Gasteiger partial charge in [-0.15, -0.1) is 0 Å². The molecule has 1 heterocycles. The van der Waals surface area contributed by atoms with Crippen molar-refractivity contribution >= 4 is 10.0 Å². The predicted octanol–water partition coefficient (Wildman–Crippen LogP) is 0.181. The molecule has 0 aliphatic carbocycles. The molecule has 1 fully saturated rings. The van der Waals surface area contributed by atoms with Gasteiger partial charge in [0.05, 0.1) is 11.9 Å². The number of sulfonamides is 1. The van der Waals surface area contributed by atoms with Crippen LogP contribution in [0, 0.1) is 0 Å². The second-order valence-corrected chi connectivity index (χ2v) is 5.76. The molecule has 78 valence electrons. The Hall–Kier alpha value is -0.130. The van der Waals surface area contributed by atoms with E-state index in [9.17, 15) is 8.42 Å². The molecular weight excluding hydrogens is 190 g/mol. The van der Waals surface area contributed by atoms with Crippen LogP contribution in [-0.2, 0) is 10.0 Å². The van der Waals surface area contributed by atoms with Gasteiger partial charge in [-0.3, -0.25) is 0 Å². The molecule has 0 aromatic rings. The second-order valence-electron chi connectivity index (χ2n) is 3.71. The Bertz CT molecular complexity index is 261. The summed E-state index contributed by atoms with van der Waals surface area (Å²) in [4.78, 5) is 0. The van der Waals surface area contributed by atoms with Gasteiger partial charge in [-0.2, -0.15) is 4.31 Å². The molecule has 1 N–H and O–H groups in total. The molecule has 2 atom stereocenters. The number of rotatable bonds is 3. The van der Waals surface area contributed by atoms with Gasteiger partial charge in [0.15, 0.2) is 0 Å². The number of hydrogen-bond acceptors (Lipinski definition) is 3. The lowest BCUT2D eigenvalue weighted by Crippen LogP contribution is -2.36. The fourth-order valence-corrected chi connectivity index (χ4v) is 3.53. The van der Waals surface area contributed by atoms with Crippen molar-refractivity contribution in [1.29, 1.82) is 0 Å². The Morgan fingerprint density at radius 1 is 1.46 bits per heavy atom. The van der Waals surface area contributed by atoms with Crippen LogP contribution in [-0.4, -0.2) is 42.3 Å². The van der Waals surface area contributed by atoms with Gasteiger partial charge in [-0.25, -0.2) is 8.42 Å². The van der Waals surface area contributed by atoms with Crippen molar-refractivity contribution < 1.29 is 13.5 Å². The predicted molar refractivity (Wildman–Crippen MR) is 50.9 cm³/mol. The average molecular weight is 207 g/mol. The summed E-state index contributed by atoms with van der Waals surface area (Å²) in [6.45, 7) is 4.13. The molecule has 2 unspecified atom stereocenters. The molecule has 0 spiro atoms. The fourth-order valence-electron chi connectivity index (χ4n) is 1.76. The minimum absolute atomic E-state index is 0.0764.